The molecule has 0 spiro atoms. The Morgan fingerprint density at radius 3 is 2.71 bits per heavy atom. The molecule has 2 N–H and O–H groups in total. The summed E-state index contributed by atoms with van der Waals surface area (Å²) in [6.45, 7) is 7.93. The van der Waals surface area contributed by atoms with Gasteiger partial charge in [0.05, 0.1) is 7.11 Å². The first-order valence-electron chi connectivity index (χ1n) is 10.8. The molecule has 1 fully saturated rings. The van der Waals surface area contributed by atoms with Crippen molar-refractivity contribution < 1.29 is 14.3 Å². The number of carbonyl (C=O) groups excluding carboxylic acids is 1. The van der Waals surface area contributed by atoms with E-state index in [0.717, 1.165) is 34.4 Å². The summed E-state index contributed by atoms with van der Waals surface area (Å²) in [7, 11) is 1.61. The fraction of sp³-hybridized carbons (Fsp3) is 0.458. The first-order valence-corrected chi connectivity index (χ1v) is 11.6. The van der Waals surface area contributed by atoms with Crippen LogP contribution in [0.15, 0.2) is 40.9 Å². The van der Waals surface area contributed by atoms with E-state index in [4.69, 9.17) is 9.47 Å². The Morgan fingerprint density at radius 2 is 2.00 bits per heavy atom. The van der Waals surface area contributed by atoms with E-state index in [1.807, 2.05) is 43.3 Å². The Kier molecular flexibility index (Phi) is 8.75. The fourth-order valence-electron chi connectivity index (χ4n) is 3.94. The van der Waals surface area contributed by atoms with Crippen LogP contribution < -0.4 is 20.1 Å². The maximum absolute atomic E-state index is 12.4. The second kappa shape index (κ2) is 11.5. The highest BCUT2D eigenvalue weighted by atomic mass is 79.9. The second-order valence-corrected chi connectivity index (χ2v) is 8.67. The summed E-state index contributed by atoms with van der Waals surface area (Å²) in [4.78, 5) is 14.9. The number of benzene rings is 2. The molecule has 3 rings (SSSR count). The van der Waals surface area contributed by atoms with Gasteiger partial charge in [0.1, 0.15) is 0 Å². The van der Waals surface area contributed by atoms with Crippen molar-refractivity contribution >= 4 is 27.5 Å². The van der Waals surface area contributed by atoms with Crippen molar-refractivity contribution in [3.63, 3.8) is 0 Å². The van der Waals surface area contributed by atoms with Crippen LogP contribution in [-0.4, -0.2) is 50.2 Å². The molecule has 2 aromatic carbocycles. The first kappa shape index (κ1) is 23.6. The molecule has 6 nitrogen and oxygen atoms in total. The van der Waals surface area contributed by atoms with Crippen LogP contribution in [0.4, 0.5) is 5.69 Å². The van der Waals surface area contributed by atoms with E-state index < -0.39 is 0 Å². The van der Waals surface area contributed by atoms with Gasteiger partial charge in [-0.15, -0.1) is 0 Å². The van der Waals surface area contributed by atoms with Crippen LogP contribution in [0.2, 0.25) is 0 Å². The van der Waals surface area contributed by atoms with E-state index in [1.54, 1.807) is 7.11 Å². The number of likely N-dealkylation sites (tertiary alicyclic amines) is 1. The summed E-state index contributed by atoms with van der Waals surface area (Å²) >= 11 is 3.63. The summed E-state index contributed by atoms with van der Waals surface area (Å²) in [5.41, 5.74) is 2.84. The molecule has 31 heavy (non-hydrogen) atoms. The summed E-state index contributed by atoms with van der Waals surface area (Å²) in [6, 6.07) is 12.0. The molecule has 0 aliphatic carbocycles. The molecule has 168 valence electrons. The number of hydrogen-bond donors (Lipinski definition) is 2. The van der Waals surface area contributed by atoms with Gasteiger partial charge in [-0.05, 0) is 57.1 Å². The van der Waals surface area contributed by atoms with Gasteiger partial charge in [0, 0.05) is 34.9 Å². The quantitative estimate of drug-likeness (QED) is 0.519. The van der Waals surface area contributed by atoms with Crippen molar-refractivity contribution in [2.45, 2.75) is 39.3 Å². The van der Waals surface area contributed by atoms with Gasteiger partial charge in [0.25, 0.3) is 5.91 Å². The lowest BCUT2D eigenvalue weighted by molar-refractivity contribution is -0.118. The topological polar surface area (TPSA) is 62.8 Å². The van der Waals surface area contributed by atoms with Gasteiger partial charge in [-0.3, -0.25) is 9.69 Å². The smallest absolute Gasteiger partial charge is 0.262 e. The van der Waals surface area contributed by atoms with Gasteiger partial charge in [-0.25, -0.2) is 0 Å². The van der Waals surface area contributed by atoms with Gasteiger partial charge < -0.3 is 20.1 Å². The lowest BCUT2D eigenvalue weighted by Crippen LogP contribution is -2.37. The number of hydrogen-bond acceptors (Lipinski definition) is 5. The normalized spacial score (nSPS) is 16.3. The Balaban J connectivity index is 1.63. The van der Waals surface area contributed by atoms with Crippen LogP contribution in [0.1, 0.15) is 30.9 Å². The van der Waals surface area contributed by atoms with E-state index in [9.17, 15) is 4.79 Å². The third-order valence-corrected chi connectivity index (χ3v) is 6.40. The van der Waals surface area contributed by atoms with Crippen molar-refractivity contribution in [3.05, 3.63) is 52.0 Å². The summed E-state index contributed by atoms with van der Waals surface area (Å²) < 4.78 is 12.4. The van der Waals surface area contributed by atoms with E-state index >= 15 is 0 Å². The molecule has 0 aromatic heterocycles. The minimum atomic E-state index is -0.214. The Morgan fingerprint density at radius 1 is 1.23 bits per heavy atom. The van der Waals surface area contributed by atoms with Gasteiger partial charge >= 0.3 is 0 Å². The van der Waals surface area contributed by atoms with Gasteiger partial charge in [0.2, 0.25) is 0 Å². The summed E-state index contributed by atoms with van der Waals surface area (Å²) in [6.07, 6.45) is 2.48. The lowest BCUT2D eigenvalue weighted by atomic mass is 10.1. The monoisotopic (exact) mass is 489 g/mol. The number of nitrogens with zero attached hydrogens (tertiary/aromatic N) is 1. The predicted octanol–water partition coefficient (Wildman–Crippen LogP) is 4.36. The maximum atomic E-state index is 12.4. The van der Waals surface area contributed by atoms with Crippen molar-refractivity contribution in [1.29, 1.82) is 0 Å². The SMILES string of the molecule is CCN1CCCC1CNCc1c(Br)ccc(OC)c1OCC(=O)Nc1ccc(C)cc1. The van der Waals surface area contributed by atoms with Crippen LogP contribution in [0.5, 0.6) is 11.5 Å². The second-order valence-electron chi connectivity index (χ2n) is 7.82. The molecule has 0 bridgehead atoms. The standard InChI is InChI=1S/C24H32BrN3O3/c1-4-28-13-5-6-19(28)14-26-15-20-21(25)11-12-22(30-3)24(20)31-16-23(29)27-18-9-7-17(2)8-10-18/h7-12,19,26H,4-6,13-16H2,1-3H3,(H,27,29). The number of ether oxygens (including phenoxy) is 2. The average molecular weight is 490 g/mol. The minimum Gasteiger partial charge on any atom is -0.493 e. The van der Waals surface area contributed by atoms with Gasteiger partial charge in [0.15, 0.2) is 18.1 Å². The summed E-state index contributed by atoms with van der Waals surface area (Å²) in [5.74, 6) is 0.982. The largest absolute Gasteiger partial charge is 0.493 e. The molecular weight excluding hydrogens is 458 g/mol. The van der Waals surface area contributed by atoms with E-state index in [0.29, 0.717) is 24.1 Å². The maximum Gasteiger partial charge on any atom is 0.262 e. The minimum absolute atomic E-state index is 0.0973. The van der Waals surface area contributed by atoms with Crippen molar-refractivity contribution in [2.24, 2.45) is 0 Å². The number of likely N-dealkylation sites (N-methyl/N-ethyl adjacent to an activating group) is 1. The van der Waals surface area contributed by atoms with Crippen molar-refractivity contribution in [2.75, 3.05) is 38.7 Å². The van der Waals surface area contributed by atoms with Crippen LogP contribution in [0.25, 0.3) is 0 Å². The first-order chi connectivity index (χ1) is 15.0. The zero-order valence-corrected chi connectivity index (χ0v) is 20.1. The number of anilines is 1. The predicted molar refractivity (Wildman–Crippen MR) is 128 cm³/mol. The number of rotatable bonds is 10. The molecule has 1 aliphatic heterocycles. The van der Waals surface area contributed by atoms with Crippen LogP contribution >= 0.6 is 15.9 Å². The Hall–Kier alpha value is -2.09. The third-order valence-electron chi connectivity index (χ3n) is 5.66. The number of carbonyl (C=O) groups is 1. The van der Waals surface area contributed by atoms with Crippen molar-refractivity contribution in [1.82, 2.24) is 10.2 Å². The Labute approximate surface area is 193 Å². The van der Waals surface area contributed by atoms with E-state index in [-0.39, 0.29) is 12.5 Å². The average Bonchev–Trinajstić information content (AvgIpc) is 3.23. The van der Waals surface area contributed by atoms with Crippen molar-refractivity contribution in [3.8, 4) is 11.5 Å². The third kappa shape index (κ3) is 6.45. The number of methoxy groups -OCH3 is 1. The molecule has 1 amide bonds. The summed E-state index contributed by atoms with van der Waals surface area (Å²) in [5, 5.41) is 6.43. The molecule has 1 atom stereocenters. The molecular formula is C24H32BrN3O3. The van der Waals surface area contributed by atoms with Crippen LogP contribution in [0.3, 0.4) is 0 Å². The molecule has 2 aromatic rings. The van der Waals surface area contributed by atoms with E-state index in [1.165, 1.54) is 19.4 Å². The lowest BCUT2D eigenvalue weighted by Gasteiger charge is -2.23. The highest BCUT2D eigenvalue weighted by molar-refractivity contribution is 9.10. The number of amides is 1. The van der Waals surface area contributed by atoms with Gasteiger partial charge in [-0.2, -0.15) is 0 Å². The van der Waals surface area contributed by atoms with Crippen LogP contribution in [-0.2, 0) is 11.3 Å². The molecule has 0 saturated carbocycles. The van der Waals surface area contributed by atoms with Crippen LogP contribution in [0, 0.1) is 6.92 Å². The van der Waals surface area contributed by atoms with Gasteiger partial charge in [-0.1, -0.05) is 40.5 Å². The molecule has 7 heteroatoms. The molecule has 1 unspecified atom stereocenters. The zero-order chi connectivity index (χ0) is 22.2. The molecule has 1 heterocycles. The Bertz CT molecular complexity index is 873. The van der Waals surface area contributed by atoms with E-state index in [2.05, 4.69) is 38.4 Å². The molecule has 1 saturated heterocycles. The molecule has 0 radical (unpaired) electrons. The number of nitrogens with one attached hydrogen (secondary N) is 2. The highest BCUT2D eigenvalue weighted by Crippen LogP contribution is 2.36. The zero-order valence-electron chi connectivity index (χ0n) is 18.5. The number of aryl methyl sites for hydroxylation is 1. The molecule has 1 aliphatic rings. The highest BCUT2D eigenvalue weighted by Gasteiger charge is 2.23. The fourth-order valence-corrected chi connectivity index (χ4v) is 4.40. The number of halogens is 1.